The van der Waals surface area contributed by atoms with Crippen LogP contribution in [-0.4, -0.2) is 95.5 Å². The van der Waals surface area contributed by atoms with Crippen molar-refractivity contribution in [3.63, 3.8) is 0 Å². The number of hydrogen-bond donors (Lipinski definition) is 1. The number of aryl methyl sites for hydroxylation is 1. The number of morpholine rings is 1. The first-order chi connectivity index (χ1) is 25.8. The number of ether oxygens (including phenoxy) is 4. The first-order valence-corrected chi connectivity index (χ1v) is 19.0. The average molecular weight is 762 g/mol. The molecule has 3 aromatic rings. The molecular formula is C41H46Cl2N4O6. The molecular weight excluding hydrogens is 715 g/mol. The molecule has 3 unspecified atom stereocenters. The lowest BCUT2D eigenvalue weighted by atomic mass is 9.84. The van der Waals surface area contributed by atoms with Gasteiger partial charge in [-0.3, -0.25) is 19.6 Å². The van der Waals surface area contributed by atoms with E-state index in [9.17, 15) is 15.2 Å². The molecule has 12 heteroatoms. The molecule has 53 heavy (non-hydrogen) atoms. The first-order valence-electron chi connectivity index (χ1n) is 18.2. The van der Waals surface area contributed by atoms with Crippen molar-refractivity contribution >= 4 is 34.7 Å². The Morgan fingerprint density at radius 2 is 1.94 bits per heavy atom. The number of halogens is 2. The number of allylic oxidation sites excluding steroid dienone is 2. The summed E-state index contributed by atoms with van der Waals surface area (Å²) in [5.41, 5.74) is 3.94. The number of nitrogens with zero attached hydrogens (tertiary/aromatic N) is 4. The van der Waals surface area contributed by atoms with Crippen molar-refractivity contribution in [2.45, 2.75) is 62.8 Å². The van der Waals surface area contributed by atoms with E-state index in [-0.39, 0.29) is 13.2 Å². The monoisotopic (exact) mass is 760 g/mol. The number of aromatic nitrogens is 1. The van der Waals surface area contributed by atoms with Gasteiger partial charge in [0.15, 0.2) is 0 Å². The molecule has 0 bridgehead atoms. The maximum Gasteiger partial charge on any atom is 0.320 e. The van der Waals surface area contributed by atoms with Gasteiger partial charge in [0.25, 0.3) is 0 Å². The summed E-state index contributed by atoms with van der Waals surface area (Å²) in [6.07, 6.45) is 12.3. The zero-order valence-corrected chi connectivity index (χ0v) is 31.5. The number of benzene rings is 2. The molecule has 2 aliphatic heterocycles. The van der Waals surface area contributed by atoms with Crippen LogP contribution in [0, 0.1) is 18.3 Å². The molecule has 0 spiro atoms. The van der Waals surface area contributed by atoms with Gasteiger partial charge in [-0.1, -0.05) is 54.4 Å². The summed E-state index contributed by atoms with van der Waals surface area (Å²) in [6.45, 7) is 7.88. The molecule has 1 aromatic heterocycles. The SMILES string of the molecule is Cc1ccccc1C1=CC=CC(COc2cc(OCc3cncc(C#N)c3)c(CN3CCCCC3C(=O)O)cc2Cl)(OCCCN2CCOCC2)C1Cl. The second-order valence-electron chi connectivity index (χ2n) is 13.8. The van der Waals surface area contributed by atoms with Gasteiger partial charge < -0.3 is 24.1 Å². The van der Waals surface area contributed by atoms with Gasteiger partial charge in [0.05, 0.1) is 29.2 Å². The van der Waals surface area contributed by atoms with E-state index in [0.29, 0.717) is 53.8 Å². The summed E-state index contributed by atoms with van der Waals surface area (Å²) < 4.78 is 25.2. The topological polar surface area (TPSA) is 117 Å². The van der Waals surface area contributed by atoms with Crippen molar-refractivity contribution in [3.8, 4) is 17.6 Å². The van der Waals surface area contributed by atoms with Gasteiger partial charge >= 0.3 is 5.97 Å². The highest BCUT2D eigenvalue weighted by atomic mass is 35.5. The molecule has 3 aliphatic rings. The number of pyridine rings is 1. The zero-order chi connectivity index (χ0) is 37.2. The van der Waals surface area contributed by atoms with Gasteiger partial charge in [-0.05, 0) is 67.6 Å². The van der Waals surface area contributed by atoms with E-state index in [0.717, 1.165) is 74.4 Å². The molecule has 0 amide bonds. The minimum Gasteiger partial charge on any atom is -0.488 e. The second-order valence-corrected chi connectivity index (χ2v) is 14.6. The van der Waals surface area contributed by atoms with Crippen molar-refractivity contribution in [1.82, 2.24) is 14.8 Å². The Morgan fingerprint density at radius 1 is 1.11 bits per heavy atom. The highest BCUT2D eigenvalue weighted by molar-refractivity contribution is 6.32. The quantitative estimate of drug-likeness (QED) is 0.128. The normalized spacial score (nSPS) is 22.2. The van der Waals surface area contributed by atoms with Gasteiger partial charge in [0, 0.05) is 62.4 Å². The number of alkyl halides is 1. The number of aliphatic carboxylic acids is 1. The van der Waals surface area contributed by atoms with Crippen LogP contribution in [0.5, 0.6) is 11.5 Å². The van der Waals surface area contributed by atoms with E-state index >= 15 is 0 Å². The Labute approximate surface area is 321 Å². The number of nitriles is 1. The van der Waals surface area contributed by atoms with Crippen LogP contribution in [0.4, 0.5) is 0 Å². The molecule has 1 N–H and O–H groups in total. The van der Waals surface area contributed by atoms with Crippen LogP contribution in [0.1, 0.15) is 53.5 Å². The minimum absolute atomic E-state index is 0.0678. The fraction of sp³-hybridized carbons (Fsp3) is 0.439. The first kappa shape index (κ1) is 38.8. The minimum atomic E-state index is -1.02. The van der Waals surface area contributed by atoms with Crippen molar-refractivity contribution in [3.05, 3.63) is 106 Å². The summed E-state index contributed by atoms with van der Waals surface area (Å²) in [6, 6.07) is 14.9. The van der Waals surface area contributed by atoms with Crippen LogP contribution < -0.4 is 9.47 Å². The Morgan fingerprint density at radius 3 is 2.74 bits per heavy atom. The van der Waals surface area contributed by atoms with E-state index in [1.54, 1.807) is 24.4 Å². The van der Waals surface area contributed by atoms with Crippen molar-refractivity contribution in [1.29, 1.82) is 5.26 Å². The summed E-state index contributed by atoms with van der Waals surface area (Å²) in [7, 11) is 0. The van der Waals surface area contributed by atoms with Crippen LogP contribution in [0.2, 0.25) is 5.02 Å². The van der Waals surface area contributed by atoms with Crippen LogP contribution in [0.3, 0.4) is 0 Å². The maximum absolute atomic E-state index is 12.1. The molecule has 0 saturated carbocycles. The van der Waals surface area contributed by atoms with Crippen molar-refractivity contribution in [2.24, 2.45) is 0 Å². The molecule has 2 aromatic carbocycles. The molecule has 10 nitrogen and oxygen atoms in total. The predicted octanol–water partition coefficient (Wildman–Crippen LogP) is 7.05. The lowest BCUT2D eigenvalue weighted by Gasteiger charge is -2.38. The van der Waals surface area contributed by atoms with Gasteiger partial charge in [0.2, 0.25) is 0 Å². The summed E-state index contributed by atoms with van der Waals surface area (Å²) in [5, 5.41) is 19.1. The third-order valence-corrected chi connectivity index (χ3v) is 11.0. The molecule has 280 valence electrons. The van der Waals surface area contributed by atoms with Crippen molar-refractivity contribution in [2.75, 3.05) is 52.6 Å². The summed E-state index contributed by atoms with van der Waals surface area (Å²) in [4.78, 5) is 20.6. The third-order valence-electron chi connectivity index (χ3n) is 10.1. The fourth-order valence-electron chi connectivity index (χ4n) is 7.13. The average Bonchev–Trinajstić information content (AvgIpc) is 3.17. The van der Waals surface area contributed by atoms with E-state index in [2.05, 4.69) is 35.0 Å². The lowest BCUT2D eigenvalue weighted by molar-refractivity contribution is -0.144. The highest BCUT2D eigenvalue weighted by Crippen LogP contribution is 2.41. The molecule has 2 saturated heterocycles. The Kier molecular flexibility index (Phi) is 13.5. The molecule has 3 heterocycles. The van der Waals surface area contributed by atoms with Crippen LogP contribution in [0.25, 0.3) is 5.57 Å². The molecule has 6 rings (SSSR count). The van der Waals surface area contributed by atoms with Crippen LogP contribution in [0.15, 0.2) is 73.1 Å². The van der Waals surface area contributed by atoms with Crippen LogP contribution in [-0.2, 0) is 27.4 Å². The predicted molar refractivity (Wildman–Crippen MR) is 204 cm³/mol. The second kappa shape index (κ2) is 18.4. The largest absolute Gasteiger partial charge is 0.488 e. The Balaban J connectivity index is 1.26. The Bertz CT molecular complexity index is 1840. The Hall–Kier alpha value is -3.95. The van der Waals surface area contributed by atoms with Gasteiger partial charge in [-0.25, -0.2) is 0 Å². The number of carbonyl (C=O) groups is 1. The number of hydrogen-bond acceptors (Lipinski definition) is 9. The van der Waals surface area contributed by atoms with Gasteiger partial charge in [-0.15, -0.1) is 11.6 Å². The summed E-state index contributed by atoms with van der Waals surface area (Å²) >= 11 is 14.4. The van der Waals surface area contributed by atoms with E-state index < -0.39 is 23.0 Å². The van der Waals surface area contributed by atoms with Crippen LogP contribution >= 0.6 is 23.2 Å². The molecule has 2 fully saturated rings. The fourth-order valence-corrected chi connectivity index (χ4v) is 7.76. The summed E-state index contributed by atoms with van der Waals surface area (Å²) in [5.74, 6) is 0.0236. The standard InChI is InChI=1S/C41H46Cl2N4O6/c1-29-8-2-3-9-33(29)34-10-6-12-41(39(34)43,53-17-7-13-46-15-18-50-19-16-46)28-52-38-22-37(51-27-31-20-30(23-44)24-45-25-31)32(21-35(38)42)26-47-14-5-4-11-36(47)40(48)49/h2-3,6,8-10,12,20-22,24-25,36,39H,4-5,7,11,13-19,26-28H2,1H3,(H,48,49). The number of rotatable bonds is 15. The third kappa shape index (κ3) is 9.78. The van der Waals surface area contributed by atoms with Gasteiger partial charge in [0.1, 0.15) is 42.4 Å². The van der Waals surface area contributed by atoms with Gasteiger partial charge in [-0.2, -0.15) is 5.26 Å². The number of carboxylic acid groups (broad SMARTS) is 1. The lowest BCUT2D eigenvalue weighted by Crippen LogP contribution is -2.48. The number of likely N-dealkylation sites (tertiary alicyclic amines) is 1. The number of piperidine rings is 1. The molecule has 3 atom stereocenters. The van der Waals surface area contributed by atoms with E-state index in [1.165, 1.54) is 6.20 Å². The van der Waals surface area contributed by atoms with E-state index in [4.69, 9.17) is 42.1 Å². The van der Waals surface area contributed by atoms with E-state index in [1.807, 2.05) is 35.3 Å². The van der Waals surface area contributed by atoms with Crippen molar-refractivity contribution < 1.29 is 28.8 Å². The zero-order valence-electron chi connectivity index (χ0n) is 30.0. The number of carboxylic acids is 1. The molecule has 1 aliphatic carbocycles. The highest BCUT2D eigenvalue weighted by Gasteiger charge is 2.42. The molecule has 0 radical (unpaired) electrons. The smallest absolute Gasteiger partial charge is 0.320 e. The maximum atomic E-state index is 12.1.